The number of carbonyl (C=O) groups is 1. The smallest absolute Gasteiger partial charge is 0.254 e. The number of aliphatic hydroxyl groups is 1. The van der Waals surface area contributed by atoms with E-state index in [-0.39, 0.29) is 11.7 Å². The van der Waals surface area contributed by atoms with Crippen molar-refractivity contribution in [1.29, 1.82) is 0 Å². The third-order valence-corrected chi connectivity index (χ3v) is 3.65. The second kappa shape index (κ2) is 5.50. The molecule has 1 aliphatic rings. The van der Waals surface area contributed by atoms with Crippen molar-refractivity contribution in [3.8, 4) is 0 Å². The molecule has 0 radical (unpaired) electrons. The van der Waals surface area contributed by atoms with Gasteiger partial charge in [0.2, 0.25) is 0 Å². The number of halogens is 1. The first-order chi connectivity index (χ1) is 9.31. The Hall–Kier alpha value is -1.46. The number of aryl methyl sites for hydroxylation is 1. The van der Waals surface area contributed by atoms with Crippen LogP contribution in [-0.2, 0) is 0 Å². The van der Waals surface area contributed by atoms with Gasteiger partial charge in [-0.1, -0.05) is 6.07 Å². The molecular weight excluding hydrogens is 259 g/mol. The molecule has 1 saturated heterocycles. The van der Waals surface area contributed by atoms with Gasteiger partial charge in [-0.2, -0.15) is 0 Å². The third-order valence-electron chi connectivity index (χ3n) is 3.65. The SMILES string of the molecule is Cc1ccc(C(=O)N2CCC(O)(CN(C)C)C2)cc1F. The number of nitrogens with zero attached hydrogens (tertiary/aromatic N) is 2. The van der Waals surface area contributed by atoms with Crippen LogP contribution in [0.3, 0.4) is 0 Å². The van der Waals surface area contributed by atoms with Crippen molar-refractivity contribution in [3.63, 3.8) is 0 Å². The standard InChI is InChI=1S/C15H21FN2O2/c1-11-4-5-12(8-13(11)16)14(19)18-7-6-15(20,10-18)9-17(2)3/h4-5,8,20H,6-7,9-10H2,1-3H3. The predicted molar refractivity (Wildman–Crippen MR) is 75.2 cm³/mol. The molecule has 1 aliphatic heterocycles. The Morgan fingerprint density at radius 3 is 2.80 bits per heavy atom. The quantitative estimate of drug-likeness (QED) is 0.907. The molecule has 20 heavy (non-hydrogen) atoms. The van der Waals surface area contributed by atoms with Crippen molar-refractivity contribution in [2.75, 3.05) is 33.7 Å². The van der Waals surface area contributed by atoms with Crippen molar-refractivity contribution in [2.24, 2.45) is 0 Å². The van der Waals surface area contributed by atoms with Crippen molar-refractivity contribution in [3.05, 3.63) is 35.1 Å². The molecular formula is C15H21FN2O2. The second-order valence-electron chi connectivity index (χ2n) is 5.90. The summed E-state index contributed by atoms with van der Waals surface area (Å²) in [6, 6.07) is 4.50. The van der Waals surface area contributed by atoms with Gasteiger partial charge < -0.3 is 14.9 Å². The fraction of sp³-hybridized carbons (Fsp3) is 0.533. The Balaban J connectivity index is 2.09. The van der Waals surface area contributed by atoms with Crippen molar-refractivity contribution in [2.45, 2.75) is 18.9 Å². The van der Waals surface area contributed by atoms with Gasteiger partial charge in [0.05, 0.1) is 12.1 Å². The monoisotopic (exact) mass is 280 g/mol. The van der Waals surface area contributed by atoms with E-state index in [1.807, 2.05) is 19.0 Å². The summed E-state index contributed by atoms with van der Waals surface area (Å²) in [5, 5.41) is 10.4. The molecule has 4 nitrogen and oxygen atoms in total. The van der Waals surface area contributed by atoms with E-state index in [0.29, 0.717) is 37.2 Å². The molecule has 5 heteroatoms. The number of likely N-dealkylation sites (N-methyl/N-ethyl adjacent to an activating group) is 1. The molecule has 0 bridgehead atoms. The summed E-state index contributed by atoms with van der Waals surface area (Å²) in [5.74, 6) is -0.600. The highest BCUT2D eigenvalue weighted by atomic mass is 19.1. The van der Waals surface area contributed by atoms with Gasteiger partial charge in [0.15, 0.2) is 0 Å². The van der Waals surface area contributed by atoms with Gasteiger partial charge in [-0.15, -0.1) is 0 Å². The van der Waals surface area contributed by atoms with Gasteiger partial charge in [-0.25, -0.2) is 4.39 Å². The van der Waals surface area contributed by atoms with E-state index in [1.165, 1.54) is 6.07 Å². The highest BCUT2D eigenvalue weighted by molar-refractivity contribution is 5.94. The van der Waals surface area contributed by atoms with Crippen LogP contribution in [0, 0.1) is 12.7 Å². The van der Waals surface area contributed by atoms with Crippen LogP contribution in [0.2, 0.25) is 0 Å². The number of likely N-dealkylation sites (tertiary alicyclic amines) is 1. The lowest BCUT2D eigenvalue weighted by Gasteiger charge is -2.26. The van der Waals surface area contributed by atoms with Crippen molar-refractivity contribution >= 4 is 5.91 Å². The van der Waals surface area contributed by atoms with Gasteiger partial charge >= 0.3 is 0 Å². The van der Waals surface area contributed by atoms with E-state index >= 15 is 0 Å². The molecule has 110 valence electrons. The molecule has 1 aromatic carbocycles. The Labute approximate surface area is 118 Å². The number of benzene rings is 1. The zero-order chi connectivity index (χ0) is 14.9. The van der Waals surface area contributed by atoms with Crippen LogP contribution in [0.25, 0.3) is 0 Å². The first-order valence-corrected chi connectivity index (χ1v) is 6.73. The van der Waals surface area contributed by atoms with Gasteiger partial charge in [0.25, 0.3) is 5.91 Å². The maximum absolute atomic E-state index is 13.5. The predicted octanol–water partition coefficient (Wildman–Crippen LogP) is 1.27. The Kier molecular flexibility index (Phi) is 4.11. The topological polar surface area (TPSA) is 43.8 Å². The number of carbonyl (C=O) groups excluding carboxylic acids is 1. The van der Waals surface area contributed by atoms with Crippen LogP contribution in [0.4, 0.5) is 4.39 Å². The Morgan fingerprint density at radius 2 is 2.20 bits per heavy atom. The minimum Gasteiger partial charge on any atom is -0.387 e. The molecule has 1 fully saturated rings. The van der Waals surface area contributed by atoms with E-state index in [4.69, 9.17) is 0 Å². The molecule has 0 spiro atoms. The lowest BCUT2D eigenvalue weighted by molar-refractivity contribution is 0.0236. The van der Waals surface area contributed by atoms with Crippen molar-refractivity contribution in [1.82, 2.24) is 9.80 Å². The molecule has 1 unspecified atom stereocenters. The highest BCUT2D eigenvalue weighted by Gasteiger charge is 2.38. The summed E-state index contributed by atoms with van der Waals surface area (Å²) in [7, 11) is 3.77. The number of hydrogen-bond donors (Lipinski definition) is 1. The summed E-state index contributed by atoms with van der Waals surface area (Å²) >= 11 is 0. The summed E-state index contributed by atoms with van der Waals surface area (Å²) in [6.07, 6.45) is 0.547. The summed E-state index contributed by atoms with van der Waals surface area (Å²) in [5.41, 5.74) is -0.0168. The molecule has 1 aromatic rings. The summed E-state index contributed by atoms with van der Waals surface area (Å²) in [4.78, 5) is 15.8. The van der Waals surface area contributed by atoms with Gasteiger partial charge in [-0.05, 0) is 45.1 Å². The van der Waals surface area contributed by atoms with Crippen LogP contribution < -0.4 is 0 Å². The Morgan fingerprint density at radius 1 is 1.50 bits per heavy atom. The van der Waals surface area contributed by atoms with Crippen LogP contribution in [0.1, 0.15) is 22.3 Å². The molecule has 0 saturated carbocycles. The van der Waals surface area contributed by atoms with Crippen LogP contribution in [0.15, 0.2) is 18.2 Å². The fourth-order valence-corrected chi connectivity index (χ4v) is 2.66. The average molecular weight is 280 g/mol. The molecule has 1 atom stereocenters. The lowest BCUT2D eigenvalue weighted by atomic mass is 10.0. The summed E-state index contributed by atoms with van der Waals surface area (Å²) in [6.45, 7) is 2.96. The lowest BCUT2D eigenvalue weighted by Crippen LogP contribution is -2.43. The minimum absolute atomic E-state index is 0.224. The maximum atomic E-state index is 13.5. The molecule has 0 aromatic heterocycles. The first kappa shape index (κ1) is 14.9. The first-order valence-electron chi connectivity index (χ1n) is 6.73. The zero-order valence-electron chi connectivity index (χ0n) is 12.2. The van der Waals surface area contributed by atoms with E-state index in [9.17, 15) is 14.3 Å². The van der Waals surface area contributed by atoms with Gasteiger partial charge in [0.1, 0.15) is 5.82 Å². The fourth-order valence-electron chi connectivity index (χ4n) is 2.66. The highest BCUT2D eigenvalue weighted by Crippen LogP contribution is 2.24. The Bertz CT molecular complexity index is 519. The number of rotatable bonds is 3. The minimum atomic E-state index is -0.873. The van der Waals surface area contributed by atoms with E-state index < -0.39 is 5.60 Å². The van der Waals surface area contributed by atoms with Gasteiger partial charge in [0, 0.05) is 18.7 Å². The van der Waals surface area contributed by atoms with Crippen LogP contribution in [-0.4, -0.2) is 60.1 Å². The molecule has 1 heterocycles. The molecule has 2 rings (SSSR count). The second-order valence-corrected chi connectivity index (χ2v) is 5.90. The molecule has 1 N–H and O–H groups in total. The average Bonchev–Trinajstić information content (AvgIpc) is 2.73. The maximum Gasteiger partial charge on any atom is 0.254 e. The van der Waals surface area contributed by atoms with E-state index in [2.05, 4.69) is 0 Å². The summed E-state index contributed by atoms with van der Waals surface area (Å²) < 4.78 is 13.5. The van der Waals surface area contributed by atoms with Gasteiger partial charge in [-0.3, -0.25) is 4.79 Å². The van der Waals surface area contributed by atoms with Crippen LogP contribution >= 0.6 is 0 Å². The largest absolute Gasteiger partial charge is 0.387 e. The number of hydrogen-bond acceptors (Lipinski definition) is 3. The van der Waals surface area contributed by atoms with Crippen molar-refractivity contribution < 1.29 is 14.3 Å². The van der Waals surface area contributed by atoms with Crippen LogP contribution in [0.5, 0.6) is 0 Å². The number of amides is 1. The van der Waals surface area contributed by atoms with E-state index in [1.54, 1.807) is 24.0 Å². The normalized spacial score (nSPS) is 22.6. The third kappa shape index (κ3) is 3.16. The molecule has 0 aliphatic carbocycles. The zero-order valence-corrected chi connectivity index (χ0v) is 12.2. The molecule has 1 amide bonds. The van der Waals surface area contributed by atoms with E-state index in [0.717, 1.165) is 0 Å². The number of β-amino-alcohol motifs (C(OH)–C–C–N with tert-alkyl or cyclic N) is 1.